The largest absolute Gasteiger partial charge is 0.494 e. The summed E-state index contributed by atoms with van der Waals surface area (Å²) in [5.41, 5.74) is 2.39. The lowest BCUT2D eigenvalue weighted by Gasteiger charge is -2.35. The zero-order valence-corrected chi connectivity index (χ0v) is 16.8. The Morgan fingerprint density at radius 3 is 2.73 bits per heavy atom. The minimum absolute atomic E-state index is 0.0382. The lowest BCUT2D eigenvalue weighted by Crippen LogP contribution is -2.43. The van der Waals surface area contributed by atoms with Crippen LogP contribution in [0.5, 0.6) is 5.75 Å². The summed E-state index contributed by atoms with van der Waals surface area (Å²) >= 11 is 0. The fourth-order valence-electron chi connectivity index (χ4n) is 4.24. The summed E-state index contributed by atoms with van der Waals surface area (Å²) in [5, 5.41) is 12.5. The number of benzene rings is 2. The number of rotatable bonds is 5. The highest BCUT2D eigenvalue weighted by atomic mass is 16.5. The molecule has 1 fully saturated rings. The first kappa shape index (κ1) is 18.7. The number of carbonyl (C=O) groups is 1. The number of hydrogen-bond donors (Lipinski definition) is 0. The normalized spacial score (nSPS) is 21.0. The quantitative estimate of drug-likeness (QED) is 0.649. The van der Waals surface area contributed by atoms with Crippen LogP contribution in [0.4, 0.5) is 0 Å². The van der Waals surface area contributed by atoms with Gasteiger partial charge in [-0.05, 0) is 72.5 Å². The van der Waals surface area contributed by atoms with Crippen molar-refractivity contribution in [2.24, 2.45) is 0 Å². The standard InChI is InChI=1S/C22H23N5O3/c1-2-29-16-12-10-15(11-13-16)27-21(23-24-25-27)20-17-7-3-4-8-18(17)22(28)26(20)19-9-5-6-14-30-19/h3-4,7-8,10-13,19-20H,2,5-6,9,14H2,1H3. The molecule has 2 aliphatic heterocycles. The van der Waals surface area contributed by atoms with Crippen LogP contribution >= 0.6 is 0 Å². The van der Waals surface area contributed by atoms with Crippen LogP contribution in [0.1, 0.15) is 54.0 Å². The van der Waals surface area contributed by atoms with Gasteiger partial charge in [0.05, 0.1) is 12.3 Å². The van der Waals surface area contributed by atoms with Gasteiger partial charge in [0, 0.05) is 12.2 Å². The molecule has 1 aromatic heterocycles. The Balaban J connectivity index is 1.58. The van der Waals surface area contributed by atoms with Gasteiger partial charge >= 0.3 is 0 Å². The molecule has 8 nitrogen and oxygen atoms in total. The minimum Gasteiger partial charge on any atom is -0.494 e. The van der Waals surface area contributed by atoms with Gasteiger partial charge in [-0.2, -0.15) is 4.68 Å². The van der Waals surface area contributed by atoms with Crippen molar-refractivity contribution >= 4 is 5.91 Å². The predicted molar refractivity (Wildman–Crippen MR) is 108 cm³/mol. The van der Waals surface area contributed by atoms with E-state index in [1.165, 1.54) is 0 Å². The van der Waals surface area contributed by atoms with Gasteiger partial charge in [0.1, 0.15) is 18.0 Å². The molecule has 0 saturated carbocycles. The molecule has 0 bridgehead atoms. The van der Waals surface area contributed by atoms with Crippen molar-refractivity contribution in [3.63, 3.8) is 0 Å². The second-order valence-corrected chi connectivity index (χ2v) is 7.40. The Morgan fingerprint density at radius 1 is 1.13 bits per heavy atom. The van der Waals surface area contributed by atoms with E-state index in [0.29, 0.717) is 24.6 Å². The van der Waals surface area contributed by atoms with Crippen LogP contribution in [-0.2, 0) is 4.74 Å². The van der Waals surface area contributed by atoms with Crippen LogP contribution in [0.25, 0.3) is 5.69 Å². The zero-order valence-electron chi connectivity index (χ0n) is 16.8. The summed E-state index contributed by atoms with van der Waals surface area (Å²) in [4.78, 5) is 15.1. The Bertz CT molecular complexity index is 1040. The third kappa shape index (κ3) is 3.13. The fraction of sp³-hybridized carbons (Fsp3) is 0.364. The molecule has 2 aromatic carbocycles. The SMILES string of the molecule is CCOc1ccc(-n2nnnc2C2c3ccccc3C(=O)N2C2CCCCO2)cc1. The third-order valence-corrected chi connectivity index (χ3v) is 5.59. The molecule has 3 heterocycles. The van der Waals surface area contributed by atoms with Crippen LogP contribution in [0.3, 0.4) is 0 Å². The first-order chi connectivity index (χ1) is 14.8. The molecule has 154 valence electrons. The second-order valence-electron chi connectivity index (χ2n) is 7.40. The van der Waals surface area contributed by atoms with Crippen molar-refractivity contribution < 1.29 is 14.3 Å². The number of amides is 1. The van der Waals surface area contributed by atoms with Crippen LogP contribution in [-0.4, -0.2) is 50.5 Å². The Hall–Kier alpha value is -3.26. The van der Waals surface area contributed by atoms with Crippen molar-refractivity contribution in [3.8, 4) is 11.4 Å². The first-order valence-electron chi connectivity index (χ1n) is 10.3. The van der Waals surface area contributed by atoms with Gasteiger partial charge in [0.15, 0.2) is 5.82 Å². The summed E-state index contributed by atoms with van der Waals surface area (Å²) in [6.07, 6.45) is 2.57. The van der Waals surface area contributed by atoms with E-state index in [2.05, 4.69) is 15.5 Å². The van der Waals surface area contributed by atoms with Crippen LogP contribution in [0.2, 0.25) is 0 Å². The molecule has 0 spiro atoms. The maximum atomic E-state index is 13.3. The van der Waals surface area contributed by atoms with Crippen LogP contribution < -0.4 is 4.74 Å². The zero-order chi connectivity index (χ0) is 20.5. The molecule has 8 heteroatoms. The van der Waals surface area contributed by atoms with E-state index in [0.717, 1.165) is 36.3 Å². The molecule has 0 radical (unpaired) electrons. The molecule has 2 atom stereocenters. The first-order valence-corrected chi connectivity index (χ1v) is 10.3. The van der Waals surface area contributed by atoms with Gasteiger partial charge in [0.2, 0.25) is 0 Å². The molecule has 1 amide bonds. The third-order valence-electron chi connectivity index (χ3n) is 5.59. The Kier molecular flexibility index (Phi) is 4.92. The van der Waals surface area contributed by atoms with Gasteiger partial charge in [-0.15, -0.1) is 5.10 Å². The maximum Gasteiger partial charge on any atom is 0.257 e. The van der Waals surface area contributed by atoms with E-state index in [4.69, 9.17) is 9.47 Å². The molecular formula is C22H23N5O3. The molecule has 30 heavy (non-hydrogen) atoms. The lowest BCUT2D eigenvalue weighted by atomic mass is 10.0. The number of tetrazole rings is 1. The summed E-state index contributed by atoms with van der Waals surface area (Å²) in [7, 11) is 0. The van der Waals surface area contributed by atoms with Gasteiger partial charge in [-0.25, -0.2) is 0 Å². The minimum atomic E-state index is -0.404. The predicted octanol–water partition coefficient (Wildman–Crippen LogP) is 3.13. The molecular weight excluding hydrogens is 382 g/mol. The summed E-state index contributed by atoms with van der Waals surface area (Å²) in [5.74, 6) is 1.34. The average Bonchev–Trinajstić information content (AvgIpc) is 3.38. The topological polar surface area (TPSA) is 82.4 Å². The molecule has 5 rings (SSSR count). The highest BCUT2D eigenvalue weighted by Crippen LogP contribution is 2.41. The average molecular weight is 405 g/mol. The molecule has 3 aromatic rings. The Morgan fingerprint density at radius 2 is 1.97 bits per heavy atom. The van der Waals surface area contributed by atoms with Crippen LogP contribution in [0.15, 0.2) is 48.5 Å². The molecule has 0 aliphatic carbocycles. The van der Waals surface area contributed by atoms with Gasteiger partial charge in [-0.3, -0.25) is 9.69 Å². The summed E-state index contributed by atoms with van der Waals surface area (Å²) < 4.78 is 13.2. The van der Waals surface area contributed by atoms with Crippen LogP contribution in [0, 0.1) is 0 Å². The molecule has 1 saturated heterocycles. The smallest absolute Gasteiger partial charge is 0.257 e. The molecule has 2 aliphatic rings. The number of aromatic nitrogens is 4. The van der Waals surface area contributed by atoms with Crippen molar-refractivity contribution in [3.05, 3.63) is 65.5 Å². The van der Waals surface area contributed by atoms with Crippen molar-refractivity contribution in [2.45, 2.75) is 38.5 Å². The number of fused-ring (bicyclic) bond motifs is 1. The van der Waals surface area contributed by atoms with E-state index in [1.54, 1.807) is 9.58 Å². The maximum absolute atomic E-state index is 13.3. The van der Waals surface area contributed by atoms with Crippen molar-refractivity contribution in [1.82, 2.24) is 25.1 Å². The molecule has 0 N–H and O–H groups in total. The van der Waals surface area contributed by atoms with E-state index >= 15 is 0 Å². The second kappa shape index (κ2) is 7.87. The number of carbonyl (C=O) groups excluding carboxylic acids is 1. The van der Waals surface area contributed by atoms with Gasteiger partial charge in [0.25, 0.3) is 5.91 Å². The van der Waals surface area contributed by atoms with E-state index in [9.17, 15) is 4.79 Å². The van der Waals surface area contributed by atoms with E-state index < -0.39 is 6.04 Å². The van der Waals surface area contributed by atoms with Crippen molar-refractivity contribution in [1.29, 1.82) is 0 Å². The van der Waals surface area contributed by atoms with Crippen molar-refractivity contribution in [2.75, 3.05) is 13.2 Å². The monoisotopic (exact) mass is 405 g/mol. The van der Waals surface area contributed by atoms with E-state index in [-0.39, 0.29) is 12.1 Å². The summed E-state index contributed by atoms with van der Waals surface area (Å²) in [6, 6.07) is 14.9. The number of hydrogen-bond acceptors (Lipinski definition) is 6. The van der Waals surface area contributed by atoms with Gasteiger partial charge in [-0.1, -0.05) is 18.2 Å². The fourth-order valence-corrected chi connectivity index (χ4v) is 4.24. The number of nitrogens with zero attached hydrogens (tertiary/aromatic N) is 5. The van der Waals surface area contributed by atoms with E-state index in [1.807, 2.05) is 55.5 Å². The highest BCUT2D eigenvalue weighted by Gasteiger charge is 2.44. The number of ether oxygens (including phenoxy) is 2. The van der Waals surface area contributed by atoms with Gasteiger partial charge < -0.3 is 9.47 Å². The molecule has 2 unspecified atom stereocenters. The Labute approximate surface area is 174 Å². The lowest BCUT2D eigenvalue weighted by molar-refractivity contribution is -0.0782. The highest BCUT2D eigenvalue weighted by molar-refractivity contribution is 5.99. The summed E-state index contributed by atoms with van der Waals surface area (Å²) in [6.45, 7) is 3.21.